The predicted molar refractivity (Wildman–Crippen MR) is 82.4 cm³/mol. The van der Waals surface area contributed by atoms with Crippen LogP contribution in [0, 0.1) is 21.4 Å². The molecule has 0 radical (unpaired) electrons. The Morgan fingerprint density at radius 1 is 1.38 bits per heavy atom. The summed E-state index contributed by atoms with van der Waals surface area (Å²) < 4.78 is 22.2. The third kappa shape index (κ3) is 4.96. The number of carbonyl (C=O) groups excluding carboxylic acids is 1. The van der Waals surface area contributed by atoms with Crippen molar-refractivity contribution in [2.45, 2.75) is 13.8 Å². The van der Waals surface area contributed by atoms with E-state index in [1.54, 1.807) is 0 Å². The molecule has 1 rings (SSSR count). The van der Waals surface area contributed by atoms with Crippen LogP contribution in [0.25, 0.3) is 0 Å². The van der Waals surface area contributed by atoms with E-state index < -0.39 is 23.9 Å². The summed E-state index contributed by atoms with van der Waals surface area (Å²) in [5.74, 6) is -1.06. The summed E-state index contributed by atoms with van der Waals surface area (Å²) in [6, 6.07) is 6.23. The van der Waals surface area contributed by atoms with E-state index in [1.807, 2.05) is 0 Å². The summed E-state index contributed by atoms with van der Waals surface area (Å²) in [7, 11) is -4.00. The number of hydrogen-bond donors (Lipinski definition) is 0. The van der Waals surface area contributed by atoms with Gasteiger partial charge in [-0.15, -0.1) is 0 Å². The monoisotopic (exact) mass is 355 g/mol. The topological polar surface area (TPSA) is 141 Å². The number of oxime groups is 1. The quantitative estimate of drug-likeness (QED) is 0.228. The lowest BCUT2D eigenvalue weighted by molar-refractivity contribution is -0.384. The minimum absolute atomic E-state index is 0.0171. The van der Waals surface area contributed by atoms with Crippen LogP contribution < -0.4 is 0 Å². The smallest absolute Gasteiger partial charge is 0.311 e. The average molecular weight is 355 g/mol. The number of nitro benzene ring substituents is 1. The summed E-state index contributed by atoms with van der Waals surface area (Å²) in [5.41, 5.74) is -1.21. The summed E-state index contributed by atoms with van der Waals surface area (Å²) in [4.78, 5) is 26.4. The van der Waals surface area contributed by atoms with E-state index in [0.717, 1.165) is 6.07 Å². The van der Waals surface area contributed by atoms with Crippen LogP contribution in [0.1, 0.15) is 24.2 Å². The Balaban J connectivity index is 3.01. The van der Waals surface area contributed by atoms with Crippen molar-refractivity contribution in [2.75, 3.05) is 13.2 Å². The van der Waals surface area contributed by atoms with Crippen molar-refractivity contribution < 1.29 is 28.2 Å². The highest BCUT2D eigenvalue weighted by Crippen LogP contribution is 2.49. The first kappa shape index (κ1) is 19.4. The fourth-order valence-electron chi connectivity index (χ4n) is 1.51. The standard InChI is InChI=1S/C13H14N3O7P/c1-3-21-24(20,22-4-2)12(9-14)15-23-13(17)10-6-5-7-11(8-10)16(18)19/h5-8H,3-4H2,1-2H3. The lowest BCUT2D eigenvalue weighted by Crippen LogP contribution is -2.08. The zero-order valence-electron chi connectivity index (χ0n) is 12.9. The number of nitriles is 1. The Morgan fingerprint density at radius 2 is 2.00 bits per heavy atom. The molecule has 1 aromatic rings. The average Bonchev–Trinajstić information content (AvgIpc) is 2.55. The first-order valence-electron chi connectivity index (χ1n) is 6.71. The maximum atomic E-state index is 12.4. The minimum atomic E-state index is -4.00. The molecule has 0 unspecified atom stereocenters. The van der Waals surface area contributed by atoms with Crippen LogP contribution in [0.3, 0.4) is 0 Å². The number of hydrogen-bond acceptors (Lipinski definition) is 9. The maximum absolute atomic E-state index is 12.4. The second kappa shape index (κ2) is 8.88. The normalized spacial score (nSPS) is 11.6. The molecule has 0 aliphatic heterocycles. The summed E-state index contributed by atoms with van der Waals surface area (Å²) in [5, 5.41) is 22.9. The van der Waals surface area contributed by atoms with Crippen molar-refractivity contribution in [3.63, 3.8) is 0 Å². The third-order valence-corrected chi connectivity index (χ3v) is 4.36. The molecule has 128 valence electrons. The van der Waals surface area contributed by atoms with Crippen LogP contribution in [0.5, 0.6) is 0 Å². The molecular weight excluding hydrogens is 341 g/mol. The summed E-state index contributed by atoms with van der Waals surface area (Å²) in [6.07, 6.45) is 0. The van der Waals surface area contributed by atoms with Gasteiger partial charge in [0.2, 0.25) is 0 Å². The Hall–Kier alpha value is -2.60. The van der Waals surface area contributed by atoms with Crippen LogP contribution in [-0.2, 0) is 18.5 Å². The molecule has 0 N–H and O–H groups in total. The van der Waals surface area contributed by atoms with Crippen LogP contribution in [0.2, 0.25) is 0 Å². The Bertz CT molecular complexity index is 731. The minimum Gasteiger partial charge on any atom is -0.311 e. The van der Waals surface area contributed by atoms with Gasteiger partial charge in [-0.25, -0.2) is 4.79 Å². The predicted octanol–water partition coefficient (Wildman–Crippen LogP) is 2.85. The van der Waals surface area contributed by atoms with E-state index in [2.05, 4.69) is 9.99 Å². The summed E-state index contributed by atoms with van der Waals surface area (Å²) in [6.45, 7) is 3.04. The largest absolute Gasteiger partial charge is 0.393 e. The Labute approximate surface area is 137 Å². The van der Waals surface area contributed by atoms with Crippen LogP contribution in [0.4, 0.5) is 5.69 Å². The van der Waals surface area contributed by atoms with Crippen LogP contribution in [-0.4, -0.2) is 29.6 Å². The maximum Gasteiger partial charge on any atom is 0.393 e. The lowest BCUT2D eigenvalue weighted by atomic mass is 10.2. The van der Waals surface area contributed by atoms with Gasteiger partial charge in [0, 0.05) is 12.1 Å². The van der Waals surface area contributed by atoms with E-state index in [-0.39, 0.29) is 24.5 Å². The van der Waals surface area contributed by atoms with E-state index >= 15 is 0 Å². The van der Waals surface area contributed by atoms with Gasteiger partial charge in [0.15, 0.2) is 0 Å². The van der Waals surface area contributed by atoms with Gasteiger partial charge in [-0.05, 0) is 19.9 Å². The van der Waals surface area contributed by atoms with E-state index in [1.165, 1.54) is 38.1 Å². The third-order valence-electron chi connectivity index (χ3n) is 2.47. The molecule has 0 saturated carbocycles. The highest BCUT2D eigenvalue weighted by atomic mass is 31.2. The van der Waals surface area contributed by atoms with E-state index in [9.17, 15) is 19.5 Å². The Morgan fingerprint density at radius 3 is 2.50 bits per heavy atom. The second-order valence-corrected chi connectivity index (χ2v) is 5.98. The van der Waals surface area contributed by atoms with Gasteiger partial charge in [0.25, 0.3) is 11.1 Å². The number of carbonyl (C=O) groups is 1. The molecule has 10 nitrogen and oxygen atoms in total. The molecule has 0 amide bonds. The van der Waals surface area contributed by atoms with Crippen LogP contribution >= 0.6 is 7.60 Å². The lowest BCUT2D eigenvalue weighted by Gasteiger charge is -2.13. The van der Waals surface area contributed by atoms with Crippen molar-refractivity contribution in [1.29, 1.82) is 5.26 Å². The first-order chi connectivity index (χ1) is 11.4. The molecule has 0 aliphatic rings. The van der Waals surface area contributed by atoms with Crippen molar-refractivity contribution in [2.24, 2.45) is 5.16 Å². The molecule has 11 heteroatoms. The molecule has 0 heterocycles. The molecule has 0 spiro atoms. The van der Waals surface area contributed by atoms with E-state index in [4.69, 9.17) is 14.3 Å². The number of rotatable bonds is 8. The summed E-state index contributed by atoms with van der Waals surface area (Å²) >= 11 is 0. The second-order valence-electron chi connectivity index (χ2n) is 4.05. The highest BCUT2D eigenvalue weighted by Gasteiger charge is 2.33. The van der Waals surface area contributed by atoms with Crippen molar-refractivity contribution in [1.82, 2.24) is 0 Å². The van der Waals surface area contributed by atoms with Crippen LogP contribution in [0.15, 0.2) is 29.4 Å². The van der Waals surface area contributed by atoms with Gasteiger partial charge < -0.3 is 13.9 Å². The fourth-order valence-corrected chi connectivity index (χ4v) is 2.78. The molecule has 0 atom stereocenters. The van der Waals surface area contributed by atoms with Gasteiger partial charge in [-0.1, -0.05) is 11.2 Å². The number of benzene rings is 1. The van der Waals surface area contributed by atoms with Gasteiger partial charge in [-0.2, -0.15) is 5.26 Å². The number of nitrogens with zero attached hydrogens (tertiary/aromatic N) is 3. The Kier molecular flexibility index (Phi) is 7.20. The van der Waals surface area contributed by atoms with Gasteiger partial charge in [0.05, 0.1) is 23.7 Å². The van der Waals surface area contributed by atoms with Crippen molar-refractivity contribution >= 4 is 24.7 Å². The number of nitro groups is 1. The van der Waals surface area contributed by atoms with Gasteiger partial charge in [-0.3, -0.25) is 14.7 Å². The first-order valence-corrected chi connectivity index (χ1v) is 8.25. The van der Waals surface area contributed by atoms with Gasteiger partial charge >= 0.3 is 13.6 Å². The van der Waals surface area contributed by atoms with Crippen molar-refractivity contribution in [3.05, 3.63) is 39.9 Å². The zero-order chi connectivity index (χ0) is 18.2. The van der Waals surface area contributed by atoms with Gasteiger partial charge in [0.1, 0.15) is 6.07 Å². The fraction of sp³-hybridized carbons (Fsp3) is 0.308. The molecular formula is C13H14N3O7P. The highest BCUT2D eigenvalue weighted by molar-refractivity contribution is 7.73. The SMILES string of the molecule is CCOP(=O)(OCC)C(C#N)=NOC(=O)c1cccc([N+](=O)[O-])c1. The zero-order valence-corrected chi connectivity index (χ0v) is 13.8. The van der Waals surface area contributed by atoms with E-state index in [0.29, 0.717) is 0 Å². The molecule has 0 aromatic heterocycles. The van der Waals surface area contributed by atoms with Crippen molar-refractivity contribution in [3.8, 4) is 6.07 Å². The molecule has 1 aromatic carbocycles. The molecule has 0 bridgehead atoms. The molecule has 0 saturated heterocycles. The molecule has 0 aliphatic carbocycles. The molecule has 24 heavy (non-hydrogen) atoms. The number of non-ortho nitro benzene ring substituents is 1. The molecule has 0 fully saturated rings.